The van der Waals surface area contributed by atoms with Gasteiger partial charge in [0.2, 0.25) is 15.9 Å². The van der Waals surface area contributed by atoms with Gasteiger partial charge >= 0.3 is 0 Å². The molecule has 31 heavy (non-hydrogen) atoms. The smallest absolute Gasteiger partial charge is 0.243 e. The van der Waals surface area contributed by atoms with Gasteiger partial charge in [-0.15, -0.1) is 0 Å². The van der Waals surface area contributed by atoms with Gasteiger partial charge in [-0.1, -0.05) is 23.8 Å². The van der Waals surface area contributed by atoms with Crippen molar-refractivity contribution in [3.8, 4) is 11.5 Å². The first-order chi connectivity index (χ1) is 14.8. The number of aryl methyl sites for hydroxylation is 1. The third kappa shape index (κ3) is 5.19. The zero-order chi connectivity index (χ0) is 22.6. The van der Waals surface area contributed by atoms with Crippen molar-refractivity contribution in [2.45, 2.75) is 37.6 Å². The number of hydrogen-bond acceptors (Lipinski definition) is 5. The molecule has 0 unspecified atom stereocenters. The number of hydrogen-bond donors (Lipinski definition) is 1. The Morgan fingerprint density at radius 3 is 2.23 bits per heavy atom. The summed E-state index contributed by atoms with van der Waals surface area (Å²) in [6, 6.07) is 12.2. The Kier molecular flexibility index (Phi) is 7.23. The van der Waals surface area contributed by atoms with E-state index in [0.717, 1.165) is 11.1 Å². The third-order valence-corrected chi connectivity index (χ3v) is 7.66. The second kappa shape index (κ2) is 9.70. The van der Waals surface area contributed by atoms with E-state index in [1.807, 2.05) is 32.0 Å². The van der Waals surface area contributed by atoms with Crippen molar-refractivity contribution in [3.05, 3.63) is 53.6 Å². The van der Waals surface area contributed by atoms with Crippen molar-refractivity contribution >= 4 is 15.9 Å². The molecule has 1 heterocycles. The van der Waals surface area contributed by atoms with E-state index in [4.69, 9.17) is 9.47 Å². The standard InChI is InChI=1S/C23H30N2O5S/c1-16-5-8-20(9-6-16)31(27,28)25-13-11-18(12-14-25)23(26)24-17(2)19-7-10-21(29-3)22(15-19)30-4/h5-10,15,17-18H,11-14H2,1-4H3,(H,24,26)/t17-/m1/s1. The van der Waals surface area contributed by atoms with E-state index in [-0.39, 0.29) is 17.9 Å². The fraction of sp³-hybridized carbons (Fsp3) is 0.435. The summed E-state index contributed by atoms with van der Waals surface area (Å²) in [5.41, 5.74) is 1.92. The minimum absolute atomic E-state index is 0.0605. The first-order valence-corrected chi connectivity index (χ1v) is 11.8. The molecule has 1 fully saturated rings. The molecule has 1 saturated heterocycles. The van der Waals surface area contributed by atoms with Gasteiger partial charge in [-0.05, 0) is 56.5 Å². The molecule has 0 radical (unpaired) electrons. The molecule has 1 aliphatic rings. The van der Waals surface area contributed by atoms with Crippen LogP contribution in [-0.4, -0.2) is 45.9 Å². The highest BCUT2D eigenvalue weighted by atomic mass is 32.2. The SMILES string of the molecule is COc1ccc([C@@H](C)NC(=O)C2CCN(S(=O)(=O)c3ccc(C)cc3)CC2)cc1OC. The highest BCUT2D eigenvalue weighted by Crippen LogP contribution is 2.30. The Morgan fingerprint density at radius 2 is 1.65 bits per heavy atom. The first-order valence-electron chi connectivity index (χ1n) is 10.4. The average molecular weight is 447 g/mol. The summed E-state index contributed by atoms with van der Waals surface area (Å²) < 4.78 is 37.8. The summed E-state index contributed by atoms with van der Waals surface area (Å²) in [5, 5.41) is 3.04. The summed E-state index contributed by atoms with van der Waals surface area (Å²) >= 11 is 0. The van der Waals surface area contributed by atoms with Crippen LogP contribution in [0.5, 0.6) is 11.5 Å². The molecule has 0 aromatic heterocycles. The van der Waals surface area contributed by atoms with Crippen LogP contribution in [0.2, 0.25) is 0 Å². The van der Waals surface area contributed by atoms with Crippen molar-refractivity contribution < 1.29 is 22.7 Å². The van der Waals surface area contributed by atoms with Crippen LogP contribution in [0.25, 0.3) is 0 Å². The lowest BCUT2D eigenvalue weighted by Crippen LogP contribution is -2.43. The van der Waals surface area contributed by atoms with Crippen LogP contribution in [0.15, 0.2) is 47.4 Å². The Bertz CT molecular complexity index is 1010. The van der Waals surface area contributed by atoms with E-state index in [2.05, 4.69) is 5.32 Å². The quantitative estimate of drug-likeness (QED) is 0.706. The van der Waals surface area contributed by atoms with Gasteiger partial charge in [-0.3, -0.25) is 4.79 Å². The first kappa shape index (κ1) is 23.1. The van der Waals surface area contributed by atoms with E-state index in [1.165, 1.54) is 4.31 Å². The van der Waals surface area contributed by atoms with Crippen LogP contribution in [-0.2, 0) is 14.8 Å². The zero-order valence-corrected chi connectivity index (χ0v) is 19.2. The monoisotopic (exact) mass is 446 g/mol. The van der Waals surface area contributed by atoms with Gasteiger partial charge in [0.15, 0.2) is 11.5 Å². The van der Waals surface area contributed by atoms with Crippen molar-refractivity contribution in [3.63, 3.8) is 0 Å². The Balaban J connectivity index is 1.59. The Morgan fingerprint density at radius 1 is 1.03 bits per heavy atom. The molecule has 3 rings (SSSR count). The van der Waals surface area contributed by atoms with Gasteiger partial charge in [0.05, 0.1) is 25.2 Å². The van der Waals surface area contributed by atoms with E-state index >= 15 is 0 Å². The lowest BCUT2D eigenvalue weighted by molar-refractivity contribution is -0.126. The van der Waals surface area contributed by atoms with E-state index in [9.17, 15) is 13.2 Å². The molecule has 2 aromatic rings. The highest BCUT2D eigenvalue weighted by molar-refractivity contribution is 7.89. The second-order valence-corrected chi connectivity index (χ2v) is 9.77. The van der Waals surface area contributed by atoms with Crippen molar-refractivity contribution in [2.75, 3.05) is 27.3 Å². The third-order valence-electron chi connectivity index (χ3n) is 5.75. The van der Waals surface area contributed by atoms with E-state index in [0.29, 0.717) is 42.3 Å². The van der Waals surface area contributed by atoms with Crippen molar-refractivity contribution in [1.29, 1.82) is 0 Å². The molecule has 1 aliphatic heterocycles. The number of sulfonamides is 1. The molecule has 8 heteroatoms. The summed E-state index contributed by atoms with van der Waals surface area (Å²) in [6.07, 6.45) is 0.991. The number of rotatable bonds is 7. The van der Waals surface area contributed by atoms with Crippen molar-refractivity contribution in [1.82, 2.24) is 9.62 Å². The minimum Gasteiger partial charge on any atom is -0.493 e. The maximum Gasteiger partial charge on any atom is 0.243 e. The van der Waals surface area contributed by atoms with Crippen LogP contribution in [0.4, 0.5) is 0 Å². The zero-order valence-electron chi connectivity index (χ0n) is 18.4. The molecule has 0 spiro atoms. The van der Waals surface area contributed by atoms with Crippen LogP contribution >= 0.6 is 0 Å². The number of benzene rings is 2. The predicted octanol–water partition coefficient (Wildman–Crippen LogP) is 3.29. The average Bonchev–Trinajstić information content (AvgIpc) is 2.78. The summed E-state index contributed by atoms with van der Waals surface area (Å²) in [5.74, 6) is 0.962. The minimum atomic E-state index is -3.53. The lowest BCUT2D eigenvalue weighted by atomic mass is 9.96. The number of methoxy groups -OCH3 is 2. The topological polar surface area (TPSA) is 84.9 Å². The van der Waals surface area contributed by atoms with Crippen LogP contribution in [0.1, 0.15) is 36.9 Å². The predicted molar refractivity (Wildman–Crippen MR) is 119 cm³/mol. The molecular formula is C23H30N2O5S. The van der Waals surface area contributed by atoms with E-state index in [1.54, 1.807) is 38.5 Å². The lowest BCUT2D eigenvalue weighted by Gasteiger charge is -2.31. The van der Waals surface area contributed by atoms with Gasteiger partial charge in [-0.25, -0.2) is 8.42 Å². The second-order valence-electron chi connectivity index (χ2n) is 7.84. The number of piperidine rings is 1. The van der Waals surface area contributed by atoms with Gasteiger partial charge in [0.25, 0.3) is 0 Å². The van der Waals surface area contributed by atoms with Gasteiger partial charge < -0.3 is 14.8 Å². The number of carbonyl (C=O) groups excluding carboxylic acids is 1. The Labute approximate surface area is 184 Å². The maximum atomic E-state index is 12.9. The summed E-state index contributed by atoms with van der Waals surface area (Å²) in [7, 11) is -0.382. The molecule has 2 aromatic carbocycles. The van der Waals surface area contributed by atoms with Crippen LogP contribution in [0, 0.1) is 12.8 Å². The highest BCUT2D eigenvalue weighted by Gasteiger charge is 2.32. The van der Waals surface area contributed by atoms with Crippen LogP contribution < -0.4 is 14.8 Å². The number of carbonyl (C=O) groups is 1. The number of amides is 1. The van der Waals surface area contributed by atoms with Gasteiger partial charge in [-0.2, -0.15) is 4.31 Å². The van der Waals surface area contributed by atoms with Crippen molar-refractivity contribution in [2.24, 2.45) is 5.92 Å². The number of nitrogens with one attached hydrogen (secondary N) is 1. The molecule has 168 valence electrons. The van der Waals surface area contributed by atoms with Gasteiger partial charge in [0, 0.05) is 19.0 Å². The molecule has 7 nitrogen and oxygen atoms in total. The molecule has 1 atom stereocenters. The number of ether oxygens (including phenoxy) is 2. The molecule has 1 N–H and O–H groups in total. The normalized spacial score (nSPS) is 16.5. The van der Waals surface area contributed by atoms with Gasteiger partial charge in [0.1, 0.15) is 0 Å². The summed E-state index contributed by atoms with van der Waals surface area (Å²) in [4.78, 5) is 13.1. The molecule has 0 aliphatic carbocycles. The summed E-state index contributed by atoms with van der Waals surface area (Å²) in [6.45, 7) is 4.50. The van der Waals surface area contributed by atoms with Crippen LogP contribution in [0.3, 0.4) is 0 Å². The fourth-order valence-electron chi connectivity index (χ4n) is 3.75. The fourth-order valence-corrected chi connectivity index (χ4v) is 5.22. The van der Waals surface area contributed by atoms with E-state index < -0.39 is 10.0 Å². The Hall–Kier alpha value is -2.58. The number of nitrogens with zero attached hydrogens (tertiary/aromatic N) is 1. The maximum absolute atomic E-state index is 12.9. The molecular weight excluding hydrogens is 416 g/mol. The molecule has 1 amide bonds. The molecule has 0 bridgehead atoms. The molecule has 0 saturated carbocycles. The largest absolute Gasteiger partial charge is 0.493 e.